The number of ether oxygens (including phenoxy) is 2. The summed E-state index contributed by atoms with van der Waals surface area (Å²) in [5.41, 5.74) is 0.183. The zero-order valence-corrected chi connectivity index (χ0v) is 9.04. The van der Waals surface area contributed by atoms with Crippen molar-refractivity contribution < 1.29 is 24.2 Å². The van der Waals surface area contributed by atoms with E-state index in [1.165, 1.54) is 6.92 Å². The topological polar surface area (TPSA) is 98.6 Å². The monoisotopic (exact) mass is 238 g/mol. The van der Waals surface area contributed by atoms with Crippen LogP contribution in [0.4, 0.5) is 0 Å². The predicted molar refractivity (Wildman–Crippen MR) is 55.1 cm³/mol. The summed E-state index contributed by atoms with van der Waals surface area (Å²) in [6, 6.07) is 0. The maximum Gasteiger partial charge on any atom is 0.351 e. The molecule has 1 aromatic rings. The van der Waals surface area contributed by atoms with E-state index in [-0.39, 0.29) is 17.3 Å². The lowest BCUT2D eigenvalue weighted by Crippen LogP contribution is -2.19. The Kier molecular flexibility index (Phi) is 4.15. The number of rotatable bonds is 4. The Morgan fingerprint density at radius 3 is 2.65 bits per heavy atom. The van der Waals surface area contributed by atoms with Crippen LogP contribution in [0.25, 0.3) is 0 Å². The van der Waals surface area contributed by atoms with Gasteiger partial charge in [-0.3, -0.25) is 0 Å². The van der Waals surface area contributed by atoms with Gasteiger partial charge in [-0.2, -0.15) is 0 Å². The molecule has 1 rings (SSSR count). The Bertz CT molecular complexity index is 441. The molecule has 0 bridgehead atoms. The summed E-state index contributed by atoms with van der Waals surface area (Å²) in [4.78, 5) is 29.1. The highest BCUT2D eigenvalue weighted by molar-refractivity contribution is 5.88. The third-order valence-electron chi connectivity index (χ3n) is 1.50. The van der Waals surface area contributed by atoms with E-state index in [1.807, 2.05) is 0 Å². The first-order chi connectivity index (χ1) is 7.99. The molecule has 0 amide bonds. The highest BCUT2D eigenvalue weighted by Gasteiger charge is 2.10. The van der Waals surface area contributed by atoms with E-state index in [0.29, 0.717) is 0 Å². The second kappa shape index (κ2) is 5.59. The summed E-state index contributed by atoms with van der Waals surface area (Å²) in [7, 11) is 0. The lowest BCUT2D eigenvalue weighted by molar-refractivity contribution is -0.150. The molecule has 0 saturated heterocycles. The van der Waals surface area contributed by atoms with Crippen molar-refractivity contribution in [3.8, 4) is 11.8 Å². The Labute approximate surface area is 96.7 Å². The van der Waals surface area contributed by atoms with Crippen molar-refractivity contribution in [1.29, 1.82) is 0 Å². The first-order valence-electron chi connectivity index (χ1n) is 4.53. The van der Waals surface area contributed by atoms with Crippen molar-refractivity contribution >= 4 is 11.9 Å². The van der Waals surface area contributed by atoms with Gasteiger partial charge in [-0.25, -0.2) is 19.6 Å². The maximum atomic E-state index is 11.2. The molecular weight excluding hydrogens is 228 g/mol. The van der Waals surface area contributed by atoms with Crippen LogP contribution in [0.2, 0.25) is 0 Å². The van der Waals surface area contributed by atoms with Gasteiger partial charge < -0.3 is 14.6 Å². The van der Waals surface area contributed by atoms with Gasteiger partial charge in [-0.05, 0) is 6.92 Å². The lowest BCUT2D eigenvalue weighted by Gasteiger charge is -2.04. The fraction of sp³-hybridized carbons (Fsp3) is 0.200. The average Bonchev–Trinajstić information content (AvgIpc) is 2.29. The van der Waals surface area contributed by atoms with Gasteiger partial charge in [0.05, 0.1) is 12.4 Å². The minimum Gasteiger partial charge on any atom is -0.492 e. The van der Waals surface area contributed by atoms with Crippen LogP contribution in [0.15, 0.2) is 24.5 Å². The third-order valence-corrected chi connectivity index (χ3v) is 1.50. The Balaban J connectivity index is 2.42. The average molecular weight is 238 g/mol. The fourth-order valence-electron chi connectivity index (χ4n) is 0.756. The molecule has 1 heterocycles. The third kappa shape index (κ3) is 4.29. The normalized spacial score (nSPS) is 9.47. The number of carbonyl (C=O) groups is 2. The zero-order chi connectivity index (χ0) is 12.8. The predicted octanol–water partition coefficient (Wildman–Crippen LogP) is 0.207. The second-order valence-electron chi connectivity index (χ2n) is 3.04. The van der Waals surface area contributed by atoms with Gasteiger partial charge in [-0.1, -0.05) is 6.58 Å². The first kappa shape index (κ1) is 12.6. The van der Waals surface area contributed by atoms with Crippen LogP contribution < -0.4 is 4.74 Å². The van der Waals surface area contributed by atoms with Gasteiger partial charge in [0.2, 0.25) is 11.8 Å². The van der Waals surface area contributed by atoms with Crippen LogP contribution in [-0.2, 0) is 14.3 Å². The number of hydrogen-bond donors (Lipinski definition) is 1. The molecule has 0 aromatic carbocycles. The molecule has 0 fully saturated rings. The largest absolute Gasteiger partial charge is 0.492 e. The highest BCUT2D eigenvalue weighted by atomic mass is 16.6. The van der Waals surface area contributed by atoms with Crippen LogP contribution >= 0.6 is 0 Å². The standard InChI is InChI=1S/C10H10N2O5/c1-6(2)10(15)16-5-9(14)17-8-4-11-7(13)3-12-8/h3-4H,1,5H2,2H3,(H,11,13). The smallest absolute Gasteiger partial charge is 0.351 e. The maximum absolute atomic E-state index is 11.2. The molecule has 1 N–H and O–H groups in total. The Morgan fingerprint density at radius 1 is 1.41 bits per heavy atom. The Hall–Kier alpha value is -2.44. The molecule has 0 aliphatic heterocycles. The second-order valence-corrected chi connectivity index (χ2v) is 3.04. The molecule has 0 saturated carbocycles. The highest BCUT2D eigenvalue weighted by Crippen LogP contribution is 2.07. The quantitative estimate of drug-likeness (QED) is 0.591. The SMILES string of the molecule is C=C(C)C(=O)OCC(=O)Oc1cnc(O)cn1. The van der Waals surface area contributed by atoms with Gasteiger partial charge in [0.25, 0.3) is 0 Å². The molecule has 1 aromatic heterocycles. The van der Waals surface area contributed by atoms with Crippen molar-refractivity contribution in [2.45, 2.75) is 6.92 Å². The van der Waals surface area contributed by atoms with E-state index in [9.17, 15) is 9.59 Å². The van der Waals surface area contributed by atoms with Gasteiger partial charge in [0, 0.05) is 5.57 Å². The molecule has 7 nitrogen and oxygen atoms in total. The summed E-state index contributed by atoms with van der Waals surface area (Å²) < 4.78 is 9.22. The van der Waals surface area contributed by atoms with Crippen LogP contribution in [0.5, 0.6) is 11.8 Å². The van der Waals surface area contributed by atoms with Crippen LogP contribution in [0.1, 0.15) is 6.92 Å². The summed E-state index contributed by atoms with van der Waals surface area (Å²) in [6.45, 7) is 4.26. The van der Waals surface area contributed by atoms with Crippen molar-refractivity contribution in [2.75, 3.05) is 6.61 Å². The van der Waals surface area contributed by atoms with Crippen molar-refractivity contribution in [2.24, 2.45) is 0 Å². The number of aromatic nitrogens is 2. The minimum atomic E-state index is -0.806. The van der Waals surface area contributed by atoms with E-state index in [1.54, 1.807) is 0 Å². The summed E-state index contributed by atoms with van der Waals surface area (Å²) >= 11 is 0. The first-order valence-corrected chi connectivity index (χ1v) is 4.53. The molecule has 0 unspecified atom stereocenters. The van der Waals surface area contributed by atoms with Crippen LogP contribution in [-0.4, -0.2) is 33.6 Å². The van der Waals surface area contributed by atoms with Crippen LogP contribution in [0.3, 0.4) is 0 Å². The molecule has 7 heteroatoms. The number of carbonyl (C=O) groups excluding carboxylic acids is 2. The molecule has 0 aliphatic rings. The number of nitrogens with zero attached hydrogens (tertiary/aromatic N) is 2. The molecular formula is C10H10N2O5. The van der Waals surface area contributed by atoms with Crippen molar-refractivity contribution in [1.82, 2.24) is 9.97 Å². The molecule has 0 aliphatic carbocycles. The van der Waals surface area contributed by atoms with Gasteiger partial charge in [0.1, 0.15) is 0 Å². The van der Waals surface area contributed by atoms with Crippen LogP contribution in [0, 0.1) is 0 Å². The van der Waals surface area contributed by atoms with Crippen molar-refractivity contribution in [3.05, 3.63) is 24.5 Å². The molecule has 17 heavy (non-hydrogen) atoms. The van der Waals surface area contributed by atoms with Gasteiger partial charge in [0.15, 0.2) is 6.61 Å². The number of aromatic hydroxyl groups is 1. The molecule has 0 atom stereocenters. The minimum absolute atomic E-state index is 0.0980. The summed E-state index contributed by atoms with van der Waals surface area (Å²) in [5.74, 6) is -1.88. The molecule has 0 spiro atoms. The molecule has 90 valence electrons. The molecule has 0 radical (unpaired) electrons. The summed E-state index contributed by atoms with van der Waals surface area (Å²) in [6.07, 6.45) is 2.08. The van der Waals surface area contributed by atoms with E-state index in [0.717, 1.165) is 12.4 Å². The van der Waals surface area contributed by atoms with E-state index in [2.05, 4.69) is 26.0 Å². The van der Waals surface area contributed by atoms with E-state index < -0.39 is 18.5 Å². The number of esters is 2. The van der Waals surface area contributed by atoms with E-state index in [4.69, 9.17) is 5.11 Å². The van der Waals surface area contributed by atoms with Crippen molar-refractivity contribution in [3.63, 3.8) is 0 Å². The zero-order valence-electron chi connectivity index (χ0n) is 9.04. The number of hydrogen-bond acceptors (Lipinski definition) is 7. The lowest BCUT2D eigenvalue weighted by atomic mass is 10.4. The Morgan fingerprint density at radius 2 is 2.12 bits per heavy atom. The van der Waals surface area contributed by atoms with Gasteiger partial charge >= 0.3 is 11.9 Å². The fourth-order valence-corrected chi connectivity index (χ4v) is 0.756. The summed E-state index contributed by atoms with van der Waals surface area (Å²) in [5, 5.41) is 8.83. The van der Waals surface area contributed by atoms with Gasteiger partial charge in [-0.15, -0.1) is 0 Å². The van der Waals surface area contributed by atoms with E-state index >= 15 is 0 Å².